The molecule has 0 aliphatic heterocycles. The molecule has 15 heavy (non-hydrogen) atoms. The van der Waals surface area contributed by atoms with E-state index in [0.717, 1.165) is 10.3 Å². The maximum atomic E-state index is 8.94. The van der Waals surface area contributed by atoms with Gasteiger partial charge in [0.1, 0.15) is 10.4 Å². The molecule has 0 amide bonds. The van der Waals surface area contributed by atoms with Gasteiger partial charge in [-0.05, 0) is 28.8 Å². The van der Waals surface area contributed by atoms with Gasteiger partial charge in [-0.2, -0.15) is 0 Å². The lowest BCUT2D eigenvalue weighted by Gasteiger charge is -2.08. The van der Waals surface area contributed by atoms with Crippen molar-refractivity contribution >= 4 is 15.9 Å². The van der Waals surface area contributed by atoms with Crippen LogP contribution in [-0.4, -0.2) is 21.3 Å². The predicted octanol–water partition coefficient (Wildman–Crippen LogP) is 2.38. The number of nitrogens with zero attached hydrogens (tertiary/aromatic N) is 2. The lowest BCUT2D eigenvalue weighted by atomic mass is 10.1. The lowest BCUT2D eigenvalue weighted by molar-refractivity contribution is 0.298. The normalized spacial score (nSPS) is 17.5. The summed E-state index contributed by atoms with van der Waals surface area (Å²) in [5, 5.41) is 8.94. The van der Waals surface area contributed by atoms with Gasteiger partial charge in [0.15, 0.2) is 0 Å². The van der Waals surface area contributed by atoms with Crippen LogP contribution in [0.1, 0.15) is 43.1 Å². The van der Waals surface area contributed by atoms with Crippen LogP contribution >= 0.6 is 15.9 Å². The van der Waals surface area contributed by atoms with Gasteiger partial charge in [-0.1, -0.05) is 12.8 Å². The molecule has 0 unspecified atom stereocenters. The first-order valence-corrected chi connectivity index (χ1v) is 6.35. The van der Waals surface area contributed by atoms with Gasteiger partial charge in [0.05, 0.1) is 5.69 Å². The Morgan fingerprint density at radius 2 is 2.13 bits per heavy atom. The molecule has 1 heterocycles. The van der Waals surface area contributed by atoms with Crippen LogP contribution in [0.25, 0.3) is 0 Å². The third kappa shape index (κ3) is 2.11. The second kappa shape index (κ2) is 4.66. The van der Waals surface area contributed by atoms with Gasteiger partial charge in [-0.15, -0.1) is 0 Å². The molecule has 2 rings (SSSR count). The fourth-order valence-electron chi connectivity index (χ4n) is 2.37. The molecular weight excluding hydrogens is 256 g/mol. The quantitative estimate of drug-likeness (QED) is 0.918. The van der Waals surface area contributed by atoms with Crippen LogP contribution < -0.4 is 0 Å². The van der Waals surface area contributed by atoms with Crippen molar-refractivity contribution in [3.05, 3.63) is 16.1 Å². The molecule has 1 saturated carbocycles. The van der Waals surface area contributed by atoms with Crippen LogP contribution in [0.5, 0.6) is 0 Å². The molecule has 1 fully saturated rings. The molecule has 84 valence electrons. The van der Waals surface area contributed by atoms with E-state index < -0.39 is 0 Å². The Morgan fingerprint density at radius 3 is 2.73 bits per heavy atom. The van der Waals surface area contributed by atoms with Crippen molar-refractivity contribution in [1.29, 1.82) is 0 Å². The summed E-state index contributed by atoms with van der Waals surface area (Å²) < 4.78 is 3.15. The van der Waals surface area contributed by atoms with E-state index in [-0.39, 0.29) is 6.61 Å². The van der Waals surface area contributed by atoms with Gasteiger partial charge >= 0.3 is 0 Å². The average Bonchev–Trinajstić information content (AvgIpc) is 2.82. The summed E-state index contributed by atoms with van der Waals surface area (Å²) in [4.78, 5) is 4.64. The highest BCUT2D eigenvalue weighted by Crippen LogP contribution is 2.35. The van der Waals surface area contributed by atoms with E-state index in [1.54, 1.807) is 0 Å². The molecule has 1 N–H and O–H groups in total. The van der Waals surface area contributed by atoms with Crippen molar-refractivity contribution in [1.82, 2.24) is 9.55 Å². The number of halogens is 1. The summed E-state index contributed by atoms with van der Waals surface area (Å²) in [7, 11) is 2.05. The van der Waals surface area contributed by atoms with E-state index >= 15 is 0 Å². The van der Waals surface area contributed by atoms with Crippen molar-refractivity contribution in [2.75, 3.05) is 6.61 Å². The van der Waals surface area contributed by atoms with E-state index in [9.17, 15) is 0 Å². The number of aliphatic hydroxyl groups is 1. The standard InChI is InChI=1S/C11H17BrN2O/c1-14-10(12)9(6-7-15)13-11(14)8-4-2-3-5-8/h8,15H,2-7H2,1H3. The second-order valence-corrected chi connectivity index (χ2v) is 4.97. The molecule has 1 aromatic heterocycles. The van der Waals surface area contributed by atoms with Gasteiger partial charge < -0.3 is 9.67 Å². The zero-order chi connectivity index (χ0) is 10.8. The van der Waals surface area contributed by atoms with E-state index in [4.69, 9.17) is 5.11 Å². The minimum Gasteiger partial charge on any atom is -0.396 e. The zero-order valence-corrected chi connectivity index (χ0v) is 10.6. The maximum absolute atomic E-state index is 8.94. The van der Waals surface area contributed by atoms with Crippen LogP contribution in [0.15, 0.2) is 4.60 Å². The van der Waals surface area contributed by atoms with Gasteiger partial charge in [0.25, 0.3) is 0 Å². The summed E-state index contributed by atoms with van der Waals surface area (Å²) in [5.74, 6) is 1.81. The summed E-state index contributed by atoms with van der Waals surface area (Å²) in [5.41, 5.74) is 0.988. The number of aliphatic hydroxyl groups excluding tert-OH is 1. The minimum atomic E-state index is 0.166. The predicted molar refractivity (Wildman–Crippen MR) is 62.9 cm³/mol. The van der Waals surface area contributed by atoms with Crippen molar-refractivity contribution in [2.24, 2.45) is 7.05 Å². The van der Waals surface area contributed by atoms with Crippen LogP contribution in [-0.2, 0) is 13.5 Å². The molecule has 0 spiro atoms. The third-order valence-electron chi connectivity index (χ3n) is 3.19. The summed E-state index contributed by atoms with van der Waals surface area (Å²) in [6.45, 7) is 0.166. The molecule has 1 aliphatic carbocycles. The third-order valence-corrected chi connectivity index (χ3v) is 4.18. The number of hydrogen-bond donors (Lipinski definition) is 1. The van der Waals surface area contributed by atoms with Crippen molar-refractivity contribution in [3.63, 3.8) is 0 Å². The van der Waals surface area contributed by atoms with Gasteiger partial charge in [-0.3, -0.25) is 0 Å². The molecule has 0 radical (unpaired) electrons. The first-order valence-electron chi connectivity index (χ1n) is 5.56. The smallest absolute Gasteiger partial charge is 0.112 e. The van der Waals surface area contributed by atoms with Crippen molar-refractivity contribution in [3.8, 4) is 0 Å². The Balaban J connectivity index is 2.27. The molecular formula is C11H17BrN2O. The second-order valence-electron chi connectivity index (χ2n) is 4.22. The lowest BCUT2D eigenvalue weighted by Crippen LogP contribution is -2.02. The van der Waals surface area contributed by atoms with Gasteiger partial charge in [0, 0.05) is 26.0 Å². The highest BCUT2D eigenvalue weighted by Gasteiger charge is 2.23. The molecule has 1 aliphatic rings. The molecule has 4 heteroatoms. The van der Waals surface area contributed by atoms with Crippen molar-refractivity contribution < 1.29 is 5.11 Å². The molecule has 0 saturated heterocycles. The molecule has 3 nitrogen and oxygen atoms in total. The Hall–Kier alpha value is -0.350. The Bertz CT molecular complexity index is 343. The monoisotopic (exact) mass is 272 g/mol. The highest BCUT2D eigenvalue weighted by molar-refractivity contribution is 9.10. The molecule has 0 atom stereocenters. The zero-order valence-electron chi connectivity index (χ0n) is 9.04. The molecule has 0 aromatic carbocycles. The number of rotatable bonds is 3. The molecule has 0 bridgehead atoms. The first-order chi connectivity index (χ1) is 7.24. The van der Waals surface area contributed by atoms with E-state index in [1.807, 2.05) is 7.05 Å². The summed E-state index contributed by atoms with van der Waals surface area (Å²) in [6.07, 6.45) is 5.81. The highest BCUT2D eigenvalue weighted by atomic mass is 79.9. The van der Waals surface area contributed by atoms with Gasteiger partial charge in [-0.25, -0.2) is 4.98 Å². The van der Waals surface area contributed by atoms with E-state index in [2.05, 4.69) is 25.5 Å². The SMILES string of the molecule is Cn1c(C2CCCC2)nc(CCO)c1Br. The van der Waals surface area contributed by atoms with E-state index in [1.165, 1.54) is 31.5 Å². The maximum Gasteiger partial charge on any atom is 0.112 e. The minimum absolute atomic E-state index is 0.166. The summed E-state index contributed by atoms with van der Waals surface area (Å²) in [6, 6.07) is 0. The first kappa shape index (κ1) is 11.1. The number of imidazole rings is 1. The van der Waals surface area contributed by atoms with Crippen LogP contribution in [0.3, 0.4) is 0 Å². The topological polar surface area (TPSA) is 38.0 Å². The summed E-state index contributed by atoms with van der Waals surface area (Å²) >= 11 is 3.54. The number of aromatic nitrogens is 2. The van der Waals surface area contributed by atoms with Crippen LogP contribution in [0.2, 0.25) is 0 Å². The van der Waals surface area contributed by atoms with Crippen LogP contribution in [0.4, 0.5) is 0 Å². The fraction of sp³-hybridized carbons (Fsp3) is 0.727. The average molecular weight is 273 g/mol. The Kier molecular flexibility index (Phi) is 3.46. The fourth-order valence-corrected chi connectivity index (χ4v) is 2.84. The van der Waals surface area contributed by atoms with Gasteiger partial charge in [0.2, 0.25) is 0 Å². The van der Waals surface area contributed by atoms with Crippen LogP contribution in [0, 0.1) is 0 Å². The van der Waals surface area contributed by atoms with Crippen molar-refractivity contribution in [2.45, 2.75) is 38.0 Å². The Labute approximate surface area is 98.6 Å². The molecule has 1 aromatic rings. The number of hydrogen-bond acceptors (Lipinski definition) is 2. The Morgan fingerprint density at radius 1 is 1.47 bits per heavy atom. The largest absolute Gasteiger partial charge is 0.396 e. The van der Waals surface area contributed by atoms with E-state index in [0.29, 0.717) is 12.3 Å².